The molecule has 4 fully saturated rings. The number of nitrogens with one attached hydrogen (secondary N) is 1. The summed E-state index contributed by atoms with van der Waals surface area (Å²) in [6, 6.07) is 0. The van der Waals surface area contributed by atoms with E-state index in [1.807, 2.05) is 68.4 Å². The van der Waals surface area contributed by atoms with Crippen LogP contribution in [0.5, 0.6) is 0 Å². The zero-order valence-electron chi connectivity index (χ0n) is 33.3. The molecule has 5 rings (SSSR count). The minimum atomic E-state index is -1.61. The molecule has 53 heavy (non-hydrogen) atoms. The average Bonchev–Trinajstić information content (AvgIpc) is 4.09. The van der Waals surface area contributed by atoms with Crippen LogP contribution < -0.4 is 11.1 Å². The van der Waals surface area contributed by atoms with E-state index in [0.29, 0.717) is 48.3 Å². The number of rotatable bonds is 12. The van der Waals surface area contributed by atoms with Crippen LogP contribution in [0.2, 0.25) is 0 Å². The molecule has 304 valence electrons. The number of allylic oxidation sites excluding steroid dienone is 3. The van der Waals surface area contributed by atoms with E-state index in [4.69, 9.17) is 24.1 Å². The third-order valence-corrected chi connectivity index (χ3v) is 11.8. The van der Waals surface area contributed by atoms with Gasteiger partial charge >= 0.3 is 0 Å². The smallest absolute Gasteiger partial charge is 0.292 e. The summed E-state index contributed by atoms with van der Waals surface area (Å²) >= 11 is 0. The van der Waals surface area contributed by atoms with Crippen molar-refractivity contribution in [2.24, 2.45) is 17.6 Å². The SMILES string of the molecule is C/C=C\C#CC1(O)CC(=O)C(NC)=C(C(CC)OC2CC(O)CC(C)O2)/C1=C\CSSC(C1CC1)C1CC1.CC.CN.COC=O.OC1CCCCO1. The first-order valence-corrected chi connectivity index (χ1v) is 21.6. The van der Waals surface area contributed by atoms with Gasteiger partial charge in [0.2, 0.25) is 0 Å². The molecule has 0 spiro atoms. The van der Waals surface area contributed by atoms with Crippen LogP contribution in [0.4, 0.5) is 0 Å². The molecule has 13 heteroatoms. The molecule has 6 unspecified atom stereocenters. The predicted octanol–water partition coefficient (Wildman–Crippen LogP) is 5.82. The van der Waals surface area contributed by atoms with Crippen LogP contribution in [0.1, 0.15) is 105 Å². The molecule has 0 amide bonds. The Morgan fingerprint density at radius 3 is 2.21 bits per heavy atom. The monoisotopic (exact) mass is 784 g/mol. The molecule has 6 N–H and O–H groups in total. The van der Waals surface area contributed by atoms with E-state index < -0.39 is 30.4 Å². The summed E-state index contributed by atoms with van der Waals surface area (Å²) < 4.78 is 21.1. The van der Waals surface area contributed by atoms with Crippen molar-refractivity contribution in [3.8, 4) is 11.8 Å². The molecule has 11 nitrogen and oxygen atoms in total. The number of hydrogen-bond acceptors (Lipinski definition) is 13. The molecule has 2 saturated carbocycles. The van der Waals surface area contributed by atoms with Crippen molar-refractivity contribution in [2.75, 3.05) is 33.6 Å². The zero-order chi connectivity index (χ0) is 39.8. The number of ether oxygens (including phenoxy) is 4. The standard InChI is InChI=1S/C30H43NO5S2.C5H10O2.C2H4O2.C2H6.CH5N/c1-5-7-8-14-30(34)18-24(33)28(31-4)27(25(6-2)36-26-17-22(32)16-19(3)35-26)23(30)13-15-37-38-29(20-9-10-20)21-11-12-21;6-5-3-1-2-4-7-5;1-4-2-3;2*1-2/h5,7,13,19-22,25-26,29,31-32,34H,6,9-12,15-18H2,1-4H3;5-6H,1-4H2;2H,1H3;1-2H3;2H2,1H3/b7-5-,23-13+;;;;. The number of Topliss-reactive ketones (excluding diaryl/α,β-unsaturated/α-hetero) is 1. The van der Waals surface area contributed by atoms with Crippen LogP contribution in [-0.2, 0) is 28.5 Å². The van der Waals surface area contributed by atoms with Gasteiger partial charge in [0.25, 0.3) is 6.47 Å². The minimum absolute atomic E-state index is 0.111. The molecule has 2 heterocycles. The van der Waals surface area contributed by atoms with E-state index >= 15 is 0 Å². The second kappa shape index (κ2) is 27.7. The zero-order valence-corrected chi connectivity index (χ0v) is 34.9. The number of aliphatic hydroxyl groups excluding tert-OH is 2. The van der Waals surface area contributed by atoms with Crippen molar-refractivity contribution in [2.45, 2.75) is 147 Å². The van der Waals surface area contributed by atoms with Gasteiger partial charge in [0.05, 0.1) is 37.5 Å². The van der Waals surface area contributed by atoms with Gasteiger partial charge in [-0.25, -0.2) is 0 Å². The summed E-state index contributed by atoms with van der Waals surface area (Å²) in [7, 11) is 8.36. The topological polar surface area (TPSA) is 170 Å². The predicted molar refractivity (Wildman–Crippen MR) is 216 cm³/mol. The number of nitrogens with two attached hydrogens (primary N) is 1. The summed E-state index contributed by atoms with van der Waals surface area (Å²) in [5.41, 5.74) is 4.63. The van der Waals surface area contributed by atoms with E-state index in [9.17, 15) is 15.0 Å². The lowest BCUT2D eigenvalue weighted by Crippen LogP contribution is -2.45. The average molecular weight is 785 g/mol. The second-order valence-electron chi connectivity index (χ2n) is 13.1. The maximum Gasteiger partial charge on any atom is 0.292 e. The second-order valence-corrected chi connectivity index (χ2v) is 15.7. The first kappa shape index (κ1) is 49.2. The Balaban J connectivity index is 0.000000791. The Labute approximate surface area is 327 Å². The van der Waals surface area contributed by atoms with Crippen molar-refractivity contribution < 1.29 is 43.9 Å². The molecule has 2 saturated heterocycles. The van der Waals surface area contributed by atoms with E-state index in [2.05, 4.69) is 27.6 Å². The van der Waals surface area contributed by atoms with E-state index in [0.717, 1.165) is 43.0 Å². The van der Waals surface area contributed by atoms with Crippen molar-refractivity contribution in [3.63, 3.8) is 0 Å². The van der Waals surface area contributed by atoms with Crippen LogP contribution in [0.3, 0.4) is 0 Å². The molecular weight excluding hydrogens is 717 g/mol. The fourth-order valence-electron chi connectivity index (χ4n) is 6.23. The fourth-order valence-corrected chi connectivity index (χ4v) is 9.41. The number of methoxy groups -OCH3 is 1. The van der Waals surface area contributed by atoms with Gasteiger partial charge in [-0.15, -0.1) is 0 Å². The van der Waals surface area contributed by atoms with Crippen LogP contribution >= 0.6 is 21.6 Å². The van der Waals surface area contributed by atoms with Gasteiger partial charge in [-0.05, 0) is 96.6 Å². The highest BCUT2D eigenvalue weighted by atomic mass is 33.1. The highest BCUT2D eigenvalue weighted by molar-refractivity contribution is 8.77. The number of likely N-dealkylation sites (N-methyl/N-ethyl adjacent to an activating group) is 1. The molecule has 2 aliphatic heterocycles. The van der Waals surface area contributed by atoms with Gasteiger partial charge in [-0.3, -0.25) is 9.59 Å². The van der Waals surface area contributed by atoms with Crippen LogP contribution in [0.25, 0.3) is 0 Å². The lowest BCUT2D eigenvalue weighted by molar-refractivity contribution is -0.224. The summed E-state index contributed by atoms with van der Waals surface area (Å²) in [6.45, 7) is 10.9. The molecule has 6 atom stereocenters. The van der Waals surface area contributed by atoms with Crippen LogP contribution in [0.15, 0.2) is 35.1 Å². The molecule has 0 aromatic rings. The maximum absolute atomic E-state index is 13.3. The molecule has 3 aliphatic carbocycles. The van der Waals surface area contributed by atoms with E-state index in [-0.39, 0.29) is 18.3 Å². The van der Waals surface area contributed by atoms with Gasteiger partial charge in [-0.2, -0.15) is 0 Å². The van der Waals surface area contributed by atoms with Crippen molar-refractivity contribution in [1.29, 1.82) is 0 Å². The summed E-state index contributed by atoms with van der Waals surface area (Å²) in [6.07, 6.45) is 13.2. The third kappa shape index (κ3) is 17.6. The van der Waals surface area contributed by atoms with E-state index in [1.165, 1.54) is 39.8 Å². The lowest BCUT2D eigenvalue weighted by Gasteiger charge is -2.39. The molecular formula is C40H68N2O9S2. The number of carbonyl (C=O) groups is 2. The number of carbonyl (C=O) groups excluding carboxylic acids is 2. The normalized spacial score (nSPS) is 28.0. The quantitative estimate of drug-likeness (QED) is 0.0696. The highest BCUT2D eigenvalue weighted by Gasteiger charge is 2.45. The Morgan fingerprint density at radius 2 is 1.75 bits per heavy atom. The summed E-state index contributed by atoms with van der Waals surface area (Å²) in [5.74, 6) is 8.14. The van der Waals surface area contributed by atoms with Crippen LogP contribution in [-0.4, -0.2) is 103 Å². The maximum atomic E-state index is 13.3. The largest absolute Gasteiger partial charge is 0.471 e. The van der Waals surface area contributed by atoms with Gasteiger partial charge in [0, 0.05) is 42.2 Å². The fraction of sp³-hybridized carbons (Fsp3) is 0.750. The Kier molecular flexibility index (Phi) is 25.7. The Hall–Kier alpha value is -1.86. The highest BCUT2D eigenvalue weighted by Crippen LogP contribution is 2.53. The minimum Gasteiger partial charge on any atom is -0.471 e. The van der Waals surface area contributed by atoms with Crippen molar-refractivity contribution in [3.05, 3.63) is 35.1 Å². The number of aliphatic hydroxyl groups is 3. The summed E-state index contributed by atoms with van der Waals surface area (Å²) in [4.78, 5) is 22.3. The first-order valence-electron chi connectivity index (χ1n) is 19.2. The lowest BCUT2D eigenvalue weighted by atomic mass is 9.75. The number of ketones is 1. The molecule has 0 aromatic heterocycles. The third-order valence-electron chi connectivity index (χ3n) is 8.90. The molecule has 0 aromatic carbocycles. The van der Waals surface area contributed by atoms with Gasteiger partial charge in [0.1, 0.15) is 0 Å². The van der Waals surface area contributed by atoms with Gasteiger partial charge < -0.3 is 45.3 Å². The van der Waals surface area contributed by atoms with Crippen molar-refractivity contribution in [1.82, 2.24) is 5.32 Å². The number of hydrogen-bond donors (Lipinski definition) is 5. The van der Waals surface area contributed by atoms with Crippen LogP contribution in [0, 0.1) is 23.7 Å². The van der Waals surface area contributed by atoms with Gasteiger partial charge in [-0.1, -0.05) is 66.4 Å². The molecule has 5 aliphatic rings. The Morgan fingerprint density at radius 1 is 1.11 bits per heavy atom. The van der Waals surface area contributed by atoms with Gasteiger partial charge in [0.15, 0.2) is 24.0 Å². The molecule has 0 bridgehead atoms. The molecule has 0 radical (unpaired) electrons. The Bertz CT molecular complexity index is 1180. The summed E-state index contributed by atoms with van der Waals surface area (Å²) in [5, 5.41) is 34.7. The first-order chi connectivity index (χ1) is 25.6. The van der Waals surface area contributed by atoms with E-state index in [1.54, 1.807) is 13.1 Å². The van der Waals surface area contributed by atoms with Crippen molar-refractivity contribution >= 4 is 33.8 Å².